The van der Waals surface area contributed by atoms with Crippen molar-refractivity contribution in [1.82, 2.24) is 5.32 Å². The average molecular weight is 314 g/mol. The summed E-state index contributed by atoms with van der Waals surface area (Å²) in [6, 6.07) is 2.09. The molecule has 0 saturated carbocycles. The first-order chi connectivity index (χ1) is 10.2. The largest absolute Gasteiger partial charge is 0.462 e. The standard InChI is InChI=1S/C14H22N2O6/c1-8(2)19-10(18)5-16-14(7-15)9(6-17)20-12-11(14)21-13(3,4)22-12/h8-9,11-12,16-17H,5-6H2,1-4H3/t9-,11+,12-,14-/m1/s1. The minimum absolute atomic E-state index is 0.196. The Labute approximate surface area is 129 Å². The van der Waals surface area contributed by atoms with Crippen LogP contribution in [0.3, 0.4) is 0 Å². The normalized spacial score (nSPS) is 36.1. The molecular formula is C14H22N2O6. The van der Waals surface area contributed by atoms with E-state index in [1.54, 1.807) is 27.7 Å². The second kappa shape index (κ2) is 6.10. The van der Waals surface area contributed by atoms with Gasteiger partial charge in [-0.05, 0) is 27.7 Å². The maximum atomic E-state index is 11.7. The molecule has 0 aliphatic carbocycles. The highest BCUT2D eigenvalue weighted by molar-refractivity contribution is 5.72. The summed E-state index contributed by atoms with van der Waals surface area (Å²) >= 11 is 0. The monoisotopic (exact) mass is 314 g/mol. The molecule has 8 nitrogen and oxygen atoms in total. The molecule has 8 heteroatoms. The third kappa shape index (κ3) is 3.09. The van der Waals surface area contributed by atoms with E-state index < -0.39 is 42.4 Å². The van der Waals surface area contributed by atoms with E-state index in [-0.39, 0.29) is 12.6 Å². The van der Waals surface area contributed by atoms with Crippen molar-refractivity contribution in [3.05, 3.63) is 0 Å². The van der Waals surface area contributed by atoms with Crippen LogP contribution in [0.5, 0.6) is 0 Å². The number of hydrogen-bond acceptors (Lipinski definition) is 8. The highest BCUT2D eigenvalue weighted by Crippen LogP contribution is 2.42. The van der Waals surface area contributed by atoms with Gasteiger partial charge in [0.1, 0.15) is 12.2 Å². The number of nitriles is 1. The van der Waals surface area contributed by atoms with Crippen LogP contribution >= 0.6 is 0 Å². The van der Waals surface area contributed by atoms with Gasteiger partial charge in [0.2, 0.25) is 0 Å². The minimum atomic E-state index is -1.39. The summed E-state index contributed by atoms with van der Waals surface area (Å²) in [6.45, 7) is 6.29. The molecule has 2 saturated heterocycles. The van der Waals surface area contributed by atoms with Crippen LogP contribution in [0, 0.1) is 11.3 Å². The SMILES string of the molecule is CC(C)OC(=O)CN[C@]1(C#N)[C@@H](CO)O[C@@H]2OC(C)(C)O[C@@H]21. The molecule has 0 spiro atoms. The maximum absolute atomic E-state index is 11.7. The number of fused-ring (bicyclic) bond motifs is 1. The van der Waals surface area contributed by atoms with Crippen molar-refractivity contribution >= 4 is 5.97 Å². The van der Waals surface area contributed by atoms with Crippen LogP contribution in [0.2, 0.25) is 0 Å². The first-order valence-corrected chi connectivity index (χ1v) is 7.22. The highest BCUT2D eigenvalue weighted by atomic mass is 16.8. The van der Waals surface area contributed by atoms with Crippen LogP contribution in [-0.4, -0.2) is 60.2 Å². The fourth-order valence-electron chi connectivity index (χ4n) is 2.69. The van der Waals surface area contributed by atoms with Crippen LogP contribution in [0.25, 0.3) is 0 Å². The van der Waals surface area contributed by atoms with Gasteiger partial charge in [0, 0.05) is 0 Å². The molecule has 0 aromatic carbocycles. The number of aliphatic hydroxyl groups is 1. The third-order valence-electron chi connectivity index (χ3n) is 3.56. The Morgan fingerprint density at radius 2 is 2.14 bits per heavy atom. The van der Waals surface area contributed by atoms with Gasteiger partial charge >= 0.3 is 5.97 Å². The Bertz CT molecular complexity index is 474. The number of ether oxygens (including phenoxy) is 4. The lowest BCUT2D eigenvalue weighted by Gasteiger charge is -2.32. The number of hydrogen-bond donors (Lipinski definition) is 2. The summed E-state index contributed by atoms with van der Waals surface area (Å²) < 4.78 is 21.9. The summed E-state index contributed by atoms with van der Waals surface area (Å²) in [6.07, 6.45) is -2.65. The fourth-order valence-corrected chi connectivity index (χ4v) is 2.69. The number of carbonyl (C=O) groups is 1. The maximum Gasteiger partial charge on any atom is 0.320 e. The second-order valence-corrected chi connectivity index (χ2v) is 6.10. The van der Waals surface area contributed by atoms with Crippen molar-refractivity contribution < 1.29 is 28.8 Å². The van der Waals surface area contributed by atoms with Crippen LogP contribution in [-0.2, 0) is 23.7 Å². The molecule has 2 heterocycles. The summed E-state index contributed by atoms with van der Waals surface area (Å²) in [4.78, 5) is 11.7. The van der Waals surface area contributed by atoms with Crippen LogP contribution in [0.4, 0.5) is 0 Å². The van der Waals surface area contributed by atoms with Crippen molar-refractivity contribution in [3.8, 4) is 6.07 Å². The van der Waals surface area contributed by atoms with E-state index >= 15 is 0 Å². The van der Waals surface area contributed by atoms with Crippen LogP contribution < -0.4 is 5.32 Å². The van der Waals surface area contributed by atoms with E-state index in [9.17, 15) is 15.2 Å². The van der Waals surface area contributed by atoms with E-state index in [0.717, 1.165) is 0 Å². The molecule has 2 rings (SSSR count). The first-order valence-electron chi connectivity index (χ1n) is 7.22. The van der Waals surface area contributed by atoms with Gasteiger partial charge in [0.15, 0.2) is 17.6 Å². The number of nitrogens with zero attached hydrogens (tertiary/aromatic N) is 1. The Balaban J connectivity index is 2.14. The first kappa shape index (κ1) is 17.1. The molecule has 0 radical (unpaired) electrons. The molecule has 0 bridgehead atoms. The molecule has 22 heavy (non-hydrogen) atoms. The van der Waals surface area contributed by atoms with Crippen molar-refractivity contribution in [2.24, 2.45) is 0 Å². The zero-order valence-electron chi connectivity index (χ0n) is 13.2. The highest BCUT2D eigenvalue weighted by Gasteiger charge is 2.64. The Hall–Kier alpha value is -1.24. The number of aliphatic hydroxyl groups excluding tert-OH is 1. The van der Waals surface area contributed by atoms with Crippen molar-refractivity contribution in [3.63, 3.8) is 0 Å². The Kier molecular flexibility index (Phi) is 4.75. The number of rotatable bonds is 5. The van der Waals surface area contributed by atoms with E-state index in [1.807, 2.05) is 0 Å². The third-order valence-corrected chi connectivity index (χ3v) is 3.56. The van der Waals surface area contributed by atoms with Gasteiger partial charge in [-0.15, -0.1) is 0 Å². The lowest BCUT2D eigenvalue weighted by atomic mass is 9.90. The van der Waals surface area contributed by atoms with Gasteiger partial charge in [-0.3, -0.25) is 10.1 Å². The lowest BCUT2D eigenvalue weighted by molar-refractivity contribution is -0.214. The van der Waals surface area contributed by atoms with Gasteiger partial charge in [-0.25, -0.2) is 0 Å². The molecule has 4 atom stereocenters. The van der Waals surface area contributed by atoms with Crippen LogP contribution in [0.1, 0.15) is 27.7 Å². The number of nitrogens with one attached hydrogen (secondary N) is 1. The molecule has 2 N–H and O–H groups in total. The predicted octanol–water partition coefficient (Wildman–Crippen LogP) is -0.341. The van der Waals surface area contributed by atoms with Gasteiger partial charge in [-0.2, -0.15) is 5.26 Å². The lowest BCUT2D eigenvalue weighted by Crippen LogP contribution is -2.60. The quantitative estimate of drug-likeness (QED) is 0.663. The molecule has 0 amide bonds. The fraction of sp³-hybridized carbons (Fsp3) is 0.857. The van der Waals surface area contributed by atoms with Gasteiger partial charge in [0.05, 0.1) is 25.3 Å². The van der Waals surface area contributed by atoms with Crippen molar-refractivity contribution in [2.45, 2.75) is 63.6 Å². The molecular weight excluding hydrogens is 292 g/mol. The molecule has 2 fully saturated rings. The second-order valence-electron chi connectivity index (χ2n) is 6.10. The number of carbonyl (C=O) groups excluding carboxylic acids is 1. The van der Waals surface area contributed by atoms with E-state index in [1.165, 1.54) is 0 Å². The van der Waals surface area contributed by atoms with Crippen molar-refractivity contribution in [1.29, 1.82) is 5.26 Å². The topological polar surface area (TPSA) is 110 Å². The zero-order valence-corrected chi connectivity index (χ0v) is 13.2. The molecule has 0 aromatic rings. The Morgan fingerprint density at radius 1 is 1.45 bits per heavy atom. The van der Waals surface area contributed by atoms with E-state index in [0.29, 0.717) is 0 Å². The smallest absolute Gasteiger partial charge is 0.320 e. The summed E-state index contributed by atoms with van der Waals surface area (Å²) in [5.41, 5.74) is -1.39. The van der Waals surface area contributed by atoms with Gasteiger partial charge in [-0.1, -0.05) is 0 Å². The molecule has 0 aromatic heterocycles. The molecule has 2 aliphatic heterocycles. The summed E-state index contributed by atoms with van der Waals surface area (Å²) in [7, 11) is 0. The molecule has 124 valence electrons. The average Bonchev–Trinajstić information content (AvgIpc) is 2.86. The molecule has 2 aliphatic rings. The zero-order chi connectivity index (χ0) is 16.5. The minimum Gasteiger partial charge on any atom is -0.462 e. The number of esters is 1. The molecule has 0 unspecified atom stereocenters. The summed E-state index contributed by atoms with van der Waals surface area (Å²) in [5, 5.41) is 22.0. The Morgan fingerprint density at radius 3 is 2.68 bits per heavy atom. The summed E-state index contributed by atoms with van der Waals surface area (Å²) in [5.74, 6) is -1.40. The van der Waals surface area contributed by atoms with E-state index in [4.69, 9.17) is 18.9 Å². The van der Waals surface area contributed by atoms with Crippen molar-refractivity contribution in [2.75, 3.05) is 13.2 Å². The predicted molar refractivity (Wildman–Crippen MR) is 73.4 cm³/mol. The van der Waals surface area contributed by atoms with Crippen LogP contribution in [0.15, 0.2) is 0 Å². The van der Waals surface area contributed by atoms with Gasteiger partial charge < -0.3 is 24.1 Å². The van der Waals surface area contributed by atoms with Gasteiger partial charge in [0.25, 0.3) is 0 Å². The van der Waals surface area contributed by atoms with E-state index in [2.05, 4.69) is 11.4 Å².